The second kappa shape index (κ2) is 5.28. The Morgan fingerprint density at radius 3 is 2.05 bits per heavy atom. The van der Waals surface area contributed by atoms with Crippen LogP contribution in [0.2, 0.25) is 0 Å². The minimum Gasteiger partial charge on any atom is -0.207 e. The van der Waals surface area contributed by atoms with Gasteiger partial charge >= 0.3 is 0 Å². The Labute approximate surface area is 114 Å². The van der Waals surface area contributed by atoms with Gasteiger partial charge in [0.05, 0.1) is 4.83 Å². The molecule has 0 aliphatic rings. The van der Waals surface area contributed by atoms with Crippen LogP contribution in [0.15, 0.2) is 30.3 Å². The van der Waals surface area contributed by atoms with Gasteiger partial charge in [0.1, 0.15) is 11.6 Å². The maximum atomic E-state index is 13.6. The molecule has 0 aromatic heterocycles. The van der Waals surface area contributed by atoms with Crippen LogP contribution in [0.5, 0.6) is 0 Å². The van der Waals surface area contributed by atoms with Gasteiger partial charge in [0.25, 0.3) is 0 Å². The van der Waals surface area contributed by atoms with Gasteiger partial charge in [-0.1, -0.05) is 22.0 Å². The lowest BCUT2D eigenvalue weighted by Crippen LogP contribution is -2.03. The summed E-state index contributed by atoms with van der Waals surface area (Å²) in [6, 6.07) is 4.32. The predicted octanol–water partition coefficient (Wildman–Crippen LogP) is 4.87. The molecule has 0 spiro atoms. The van der Waals surface area contributed by atoms with Crippen LogP contribution in [-0.2, 0) is 0 Å². The third-order valence-electron chi connectivity index (χ3n) is 2.57. The molecule has 1 unspecified atom stereocenters. The monoisotopic (exact) mass is 336 g/mol. The van der Waals surface area contributed by atoms with E-state index in [4.69, 9.17) is 0 Å². The van der Waals surface area contributed by atoms with Crippen molar-refractivity contribution >= 4 is 15.9 Å². The second-order valence-electron chi connectivity index (χ2n) is 3.79. The molecule has 0 saturated carbocycles. The van der Waals surface area contributed by atoms with Gasteiger partial charge < -0.3 is 0 Å². The minimum atomic E-state index is -1.65. The van der Waals surface area contributed by atoms with Crippen molar-refractivity contribution in [2.75, 3.05) is 0 Å². The Balaban J connectivity index is 2.53. The standard InChI is InChI=1S/C13H6BrF5/c14-11(8-5-6(15)1-3-9(8)16)7-2-4-10(17)13(19)12(7)18/h1-5,11H. The predicted molar refractivity (Wildman–Crippen MR) is 63.4 cm³/mol. The fourth-order valence-electron chi connectivity index (χ4n) is 1.61. The van der Waals surface area contributed by atoms with Crippen LogP contribution >= 0.6 is 15.9 Å². The Morgan fingerprint density at radius 1 is 0.737 bits per heavy atom. The third kappa shape index (κ3) is 2.63. The zero-order chi connectivity index (χ0) is 14.2. The normalized spacial score (nSPS) is 12.5. The summed E-state index contributed by atoms with van der Waals surface area (Å²) >= 11 is 2.95. The molecular formula is C13H6BrF5. The lowest BCUT2D eigenvalue weighted by Gasteiger charge is -2.13. The van der Waals surface area contributed by atoms with Crippen molar-refractivity contribution in [3.63, 3.8) is 0 Å². The largest absolute Gasteiger partial charge is 0.207 e. The van der Waals surface area contributed by atoms with E-state index in [-0.39, 0.29) is 11.1 Å². The van der Waals surface area contributed by atoms with E-state index in [1.165, 1.54) is 0 Å². The van der Waals surface area contributed by atoms with Gasteiger partial charge in [-0.3, -0.25) is 0 Å². The average Bonchev–Trinajstić information content (AvgIpc) is 2.38. The number of hydrogen-bond donors (Lipinski definition) is 0. The summed E-state index contributed by atoms with van der Waals surface area (Å²) in [4.78, 5) is -1.13. The van der Waals surface area contributed by atoms with Crippen molar-refractivity contribution in [3.05, 3.63) is 70.5 Å². The summed E-state index contributed by atoms with van der Waals surface area (Å²) in [5, 5.41) is 0. The van der Waals surface area contributed by atoms with Crippen LogP contribution in [0.1, 0.15) is 16.0 Å². The van der Waals surface area contributed by atoms with Crippen molar-refractivity contribution in [2.45, 2.75) is 4.83 Å². The summed E-state index contributed by atoms with van der Waals surface area (Å²) in [5.74, 6) is -5.94. The highest BCUT2D eigenvalue weighted by molar-refractivity contribution is 9.09. The van der Waals surface area contributed by atoms with Crippen LogP contribution in [0.3, 0.4) is 0 Å². The highest BCUT2D eigenvalue weighted by Gasteiger charge is 2.22. The van der Waals surface area contributed by atoms with E-state index in [2.05, 4.69) is 15.9 Å². The van der Waals surface area contributed by atoms with E-state index in [9.17, 15) is 22.0 Å². The summed E-state index contributed by atoms with van der Waals surface area (Å²) < 4.78 is 66.1. The Kier molecular flexibility index (Phi) is 3.89. The second-order valence-corrected chi connectivity index (χ2v) is 4.71. The Bertz CT molecular complexity index is 627. The molecule has 0 heterocycles. The van der Waals surface area contributed by atoms with Crippen molar-refractivity contribution < 1.29 is 22.0 Å². The molecule has 2 aromatic carbocycles. The molecule has 0 N–H and O–H groups in total. The molecule has 0 fully saturated rings. The quantitative estimate of drug-likeness (QED) is 0.417. The summed E-state index contributed by atoms with van der Waals surface area (Å²) in [6.07, 6.45) is 0. The summed E-state index contributed by atoms with van der Waals surface area (Å²) in [5.41, 5.74) is -0.520. The molecular weight excluding hydrogens is 331 g/mol. The first-order chi connectivity index (χ1) is 8.91. The lowest BCUT2D eigenvalue weighted by molar-refractivity contribution is 0.441. The summed E-state index contributed by atoms with van der Waals surface area (Å²) in [6.45, 7) is 0. The lowest BCUT2D eigenvalue weighted by atomic mass is 10.0. The van der Waals surface area contributed by atoms with Gasteiger partial charge in [-0.15, -0.1) is 0 Å². The van der Waals surface area contributed by atoms with Crippen molar-refractivity contribution in [3.8, 4) is 0 Å². The highest BCUT2D eigenvalue weighted by atomic mass is 79.9. The van der Waals surface area contributed by atoms with E-state index in [0.29, 0.717) is 0 Å². The maximum Gasteiger partial charge on any atom is 0.194 e. The SMILES string of the molecule is Fc1ccc(F)c(C(Br)c2ccc(F)c(F)c2F)c1. The van der Waals surface area contributed by atoms with E-state index in [1.54, 1.807) is 0 Å². The first-order valence-electron chi connectivity index (χ1n) is 5.14. The number of rotatable bonds is 2. The van der Waals surface area contributed by atoms with Crippen molar-refractivity contribution in [2.24, 2.45) is 0 Å². The van der Waals surface area contributed by atoms with Crippen molar-refractivity contribution in [1.29, 1.82) is 0 Å². The molecule has 0 bridgehead atoms. The van der Waals surface area contributed by atoms with Crippen LogP contribution in [0.4, 0.5) is 22.0 Å². The molecule has 2 rings (SSSR count). The molecule has 0 amide bonds. The fourth-order valence-corrected chi connectivity index (χ4v) is 2.32. The van der Waals surface area contributed by atoms with Gasteiger partial charge in [0.2, 0.25) is 0 Å². The zero-order valence-corrected chi connectivity index (χ0v) is 10.8. The Morgan fingerprint density at radius 2 is 1.37 bits per heavy atom. The third-order valence-corrected chi connectivity index (χ3v) is 3.56. The van der Waals surface area contributed by atoms with Crippen LogP contribution in [-0.4, -0.2) is 0 Å². The van der Waals surface area contributed by atoms with E-state index >= 15 is 0 Å². The molecule has 100 valence electrons. The van der Waals surface area contributed by atoms with Crippen LogP contribution in [0, 0.1) is 29.1 Å². The maximum absolute atomic E-state index is 13.6. The number of benzene rings is 2. The highest BCUT2D eigenvalue weighted by Crippen LogP contribution is 2.35. The fraction of sp³-hybridized carbons (Fsp3) is 0.0769. The van der Waals surface area contributed by atoms with Crippen LogP contribution in [0.25, 0.3) is 0 Å². The minimum absolute atomic E-state index is 0.204. The zero-order valence-electron chi connectivity index (χ0n) is 9.23. The van der Waals surface area contributed by atoms with Gasteiger partial charge in [0, 0.05) is 11.1 Å². The van der Waals surface area contributed by atoms with E-state index in [1.807, 2.05) is 0 Å². The molecule has 0 aliphatic heterocycles. The molecule has 0 saturated heterocycles. The molecule has 6 heteroatoms. The van der Waals surface area contributed by atoms with Crippen molar-refractivity contribution in [1.82, 2.24) is 0 Å². The van der Waals surface area contributed by atoms with Gasteiger partial charge in [-0.25, -0.2) is 22.0 Å². The average molecular weight is 337 g/mol. The molecule has 1 atom stereocenters. The van der Waals surface area contributed by atoms with Gasteiger partial charge in [-0.05, 0) is 24.3 Å². The molecule has 0 nitrogen and oxygen atoms in total. The number of alkyl halides is 1. The smallest absolute Gasteiger partial charge is 0.194 e. The van der Waals surface area contributed by atoms with E-state index < -0.39 is 33.9 Å². The first kappa shape index (κ1) is 14.0. The molecule has 19 heavy (non-hydrogen) atoms. The number of halogens is 6. The molecule has 0 aliphatic carbocycles. The Hall–Kier alpha value is -1.43. The van der Waals surface area contributed by atoms with Gasteiger partial charge in [-0.2, -0.15) is 0 Å². The van der Waals surface area contributed by atoms with E-state index in [0.717, 1.165) is 30.3 Å². The topological polar surface area (TPSA) is 0 Å². The molecule has 2 aromatic rings. The summed E-state index contributed by atoms with van der Waals surface area (Å²) in [7, 11) is 0. The number of hydrogen-bond acceptors (Lipinski definition) is 0. The first-order valence-corrected chi connectivity index (χ1v) is 6.05. The molecule has 0 radical (unpaired) electrons. The van der Waals surface area contributed by atoms with Crippen LogP contribution < -0.4 is 0 Å². The van der Waals surface area contributed by atoms with Gasteiger partial charge in [0.15, 0.2) is 17.5 Å².